The Morgan fingerprint density at radius 1 is 1.23 bits per heavy atom. The molecule has 2 heterocycles. The Hall–Kier alpha value is -2.96. The summed E-state index contributed by atoms with van der Waals surface area (Å²) >= 11 is 0. The fourth-order valence-electron chi connectivity index (χ4n) is 3.05. The zero-order valence-corrected chi connectivity index (χ0v) is 17.9. The second kappa shape index (κ2) is 10.4. The van der Waals surface area contributed by atoms with Gasteiger partial charge in [-0.1, -0.05) is 0 Å². The zero-order valence-electron chi connectivity index (χ0n) is 17.1. The van der Waals surface area contributed by atoms with Crippen molar-refractivity contribution in [2.45, 2.75) is 24.1 Å². The number of benzene rings is 1. The Kier molecular flexibility index (Phi) is 7.60. The predicted molar refractivity (Wildman–Crippen MR) is 109 cm³/mol. The van der Waals surface area contributed by atoms with Crippen molar-refractivity contribution in [3.8, 4) is 5.75 Å². The number of carbonyl (C=O) groups excluding carboxylic acids is 2. The highest BCUT2D eigenvalue weighted by molar-refractivity contribution is 7.89. The largest absolute Gasteiger partial charge is 0.497 e. The zero-order chi connectivity index (χ0) is 22.3. The van der Waals surface area contributed by atoms with Gasteiger partial charge in [0, 0.05) is 32.0 Å². The van der Waals surface area contributed by atoms with Crippen LogP contribution in [-0.2, 0) is 30.9 Å². The standard InChI is InChI=1S/C19H25N5O6S/c1-29-15-3-5-16(6-4-15)31(27,28)24-11-12-30-17(24)13-22-19(26)18(25)21-7-2-9-23-10-8-20-14-23/h3-6,8,10,14,17H,2,7,9,11-13H2,1H3,(H,21,25)(H,22,26)/t17-/m0/s1. The van der Waals surface area contributed by atoms with E-state index in [9.17, 15) is 18.0 Å². The molecule has 1 atom stereocenters. The third-order valence-electron chi connectivity index (χ3n) is 4.69. The molecule has 11 nitrogen and oxygen atoms in total. The summed E-state index contributed by atoms with van der Waals surface area (Å²) in [7, 11) is -2.33. The van der Waals surface area contributed by atoms with E-state index < -0.39 is 28.1 Å². The number of ether oxygens (including phenoxy) is 2. The minimum atomic E-state index is -3.83. The lowest BCUT2D eigenvalue weighted by Gasteiger charge is -2.23. The van der Waals surface area contributed by atoms with Gasteiger partial charge in [-0.2, -0.15) is 4.31 Å². The molecule has 31 heavy (non-hydrogen) atoms. The van der Waals surface area contributed by atoms with Gasteiger partial charge in [-0.3, -0.25) is 9.59 Å². The number of hydrogen-bond donors (Lipinski definition) is 2. The second-order valence-electron chi connectivity index (χ2n) is 6.74. The number of nitrogens with zero attached hydrogens (tertiary/aromatic N) is 3. The van der Waals surface area contributed by atoms with Crippen LogP contribution in [0.4, 0.5) is 0 Å². The van der Waals surface area contributed by atoms with Crippen molar-refractivity contribution in [3.63, 3.8) is 0 Å². The summed E-state index contributed by atoms with van der Waals surface area (Å²) in [4.78, 5) is 28.0. The van der Waals surface area contributed by atoms with E-state index in [2.05, 4.69) is 15.6 Å². The van der Waals surface area contributed by atoms with Crippen molar-refractivity contribution in [2.75, 3.05) is 33.4 Å². The van der Waals surface area contributed by atoms with Crippen LogP contribution in [0.1, 0.15) is 6.42 Å². The number of rotatable bonds is 9. The topological polar surface area (TPSA) is 132 Å². The third-order valence-corrected chi connectivity index (χ3v) is 6.59. The average Bonchev–Trinajstić information content (AvgIpc) is 3.47. The number of carbonyl (C=O) groups is 2. The van der Waals surface area contributed by atoms with Crippen LogP contribution in [-0.4, -0.2) is 73.7 Å². The molecule has 0 radical (unpaired) electrons. The molecule has 1 fully saturated rings. The lowest BCUT2D eigenvalue weighted by molar-refractivity contribution is -0.139. The molecule has 0 bridgehead atoms. The lowest BCUT2D eigenvalue weighted by Crippen LogP contribution is -2.47. The van der Waals surface area contributed by atoms with Crippen molar-refractivity contribution < 1.29 is 27.5 Å². The fraction of sp³-hybridized carbons (Fsp3) is 0.421. The summed E-state index contributed by atoms with van der Waals surface area (Å²) in [5, 5.41) is 4.96. The molecule has 1 aliphatic heterocycles. The van der Waals surface area contributed by atoms with Crippen LogP contribution in [0.25, 0.3) is 0 Å². The van der Waals surface area contributed by atoms with Crippen molar-refractivity contribution >= 4 is 21.8 Å². The molecule has 168 valence electrons. The molecule has 1 aliphatic rings. The van der Waals surface area contributed by atoms with Crippen LogP contribution in [0.5, 0.6) is 5.75 Å². The molecule has 3 rings (SSSR count). The van der Waals surface area contributed by atoms with Gasteiger partial charge in [-0.15, -0.1) is 0 Å². The van der Waals surface area contributed by atoms with Gasteiger partial charge >= 0.3 is 11.8 Å². The number of nitrogens with one attached hydrogen (secondary N) is 2. The number of aryl methyl sites for hydroxylation is 1. The normalized spacial score (nSPS) is 16.7. The number of methoxy groups -OCH3 is 1. The molecule has 2 N–H and O–H groups in total. The Bertz CT molecular complexity index is 978. The van der Waals surface area contributed by atoms with Gasteiger partial charge in [0.05, 0.1) is 31.5 Å². The molecule has 2 amide bonds. The Morgan fingerprint density at radius 2 is 1.97 bits per heavy atom. The highest BCUT2D eigenvalue weighted by Crippen LogP contribution is 2.23. The van der Waals surface area contributed by atoms with Crippen molar-refractivity contribution in [3.05, 3.63) is 43.0 Å². The highest BCUT2D eigenvalue weighted by Gasteiger charge is 2.36. The quantitative estimate of drug-likeness (QED) is 0.390. The van der Waals surface area contributed by atoms with Crippen LogP contribution in [0, 0.1) is 0 Å². The number of imidazole rings is 1. The second-order valence-corrected chi connectivity index (χ2v) is 8.63. The van der Waals surface area contributed by atoms with E-state index in [0.717, 1.165) is 4.31 Å². The predicted octanol–water partition coefficient (Wildman–Crippen LogP) is -0.439. The van der Waals surface area contributed by atoms with Crippen molar-refractivity contribution in [1.29, 1.82) is 0 Å². The van der Waals surface area contributed by atoms with Gasteiger partial charge in [0.15, 0.2) is 0 Å². The maximum atomic E-state index is 12.9. The first-order valence-electron chi connectivity index (χ1n) is 9.71. The SMILES string of the molecule is COc1ccc(S(=O)(=O)N2CCO[C@H]2CNC(=O)C(=O)NCCCn2ccnc2)cc1. The molecular weight excluding hydrogens is 426 g/mol. The summed E-state index contributed by atoms with van der Waals surface area (Å²) in [6.07, 6.45) is 4.87. The summed E-state index contributed by atoms with van der Waals surface area (Å²) in [5.74, 6) is -1.09. The maximum Gasteiger partial charge on any atom is 0.309 e. The minimum Gasteiger partial charge on any atom is -0.497 e. The lowest BCUT2D eigenvalue weighted by atomic mass is 10.3. The molecule has 1 aromatic carbocycles. The summed E-state index contributed by atoms with van der Waals surface area (Å²) in [5.41, 5.74) is 0. The number of aromatic nitrogens is 2. The maximum absolute atomic E-state index is 12.9. The summed E-state index contributed by atoms with van der Waals surface area (Å²) < 4.78 is 39.3. The molecule has 0 spiro atoms. The van der Waals surface area contributed by atoms with Gasteiger partial charge in [-0.25, -0.2) is 13.4 Å². The van der Waals surface area contributed by atoms with Gasteiger partial charge < -0.3 is 24.7 Å². The number of sulfonamides is 1. The van der Waals surface area contributed by atoms with Crippen LogP contribution in [0.2, 0.25) is 0 Å². The van der Waals surface area contributed by atoms with Gasteiger partial charge in [0.2, 0.25) is 10.0 Å². The Balaban J connectivity index is 1.48. The first kappa shape index (κ1) is 22.7. The first-order valence-corrected chi connectivity index (χ1v) is 11.1. The highest BCUT2D eigenvalue weighted by atomic mass is 32.2. The van der Waals surface area contributed by atoms with Crippen molar-refractivity contribution in [2.24, 2.45) is 0 Å². The Morgan fingerprint density at radius 3 is 2.65 bits per heavy atom. The summed E-state index contributed by atoms with van der Waals surface area (Å²) in [6.45, 7) is 1.18. The van der Waals surface area contributed by atoms with Crippen LogP contribution in [0.3, 0.4) is 0 Å². The number of amides is 2. The van der Waals surface area contributed by atoms with E-state index in [-0.39, 0.29) is 24.6 Å². The van der Waals surface area contributed by atoms with E-state index in [1.54, 1.807) is 24.7 Å². The molecule has 0 saturated carbocycles. The van der Waals surface area contributed by atoms with Crippen LogP contribution >= 0.6 is 0 Å². The Labute approximate surface area is 180 Å². The first-order chi connectivity index (χ1) is 14.9. The van der Waals surface area contributed by atoms with E-state index in [4.69, 9.17) is 9.47 Å². The molecule has 0 unspecified atom stereocenters. The molecule has 12 heteroatoms. The molecular formula is C19H25N5O6S. The molecule has 1 aromatic heterocycles. The van der Waals surface area contributed by atoms with Gasteiger partial charge in [0.25, 0.3) is 0 Å². The van der Waals surface area contributed by atoms with E-state index in [1.165, 1.54) is 19.2 Å². The van der Waals surface area contributed by atoms with Crippen LogP contribution < -0.4 is 15.4 Å². The van der Waals surface area contributed by atoms with Crippen LogP contribution in [0.15, 0.2) is 47.9 Å². The third kappa shape index (κ3) is 5.81. The van der Waals surface area contributed by atoms with Gasteiger partial charge in [0.1, 0.15) is 12.0 Å². The monoisotopic (exact) mass is 451 g/mol. The van der Waals surface area contributed by atoms with E-state index >= 15 is 0 Å². The van der Waals surface area contributed by atoms with E-state index in [0.29, 0.717) is 25.3 Å². The molecule has 0 aliphatic carbocycles. The minimum absolute atomic E-state index is 0.0887. The molecule has 1 saturated heterocycles. The van der Waals surface area contributed by atoms with Gasteiger partial charge in [-0.05, 0) is 30.7 Å². The fourth-order valence-corrected chi connectivity index (χ4v) is 4.56. The summed E-state index contributed by atoms with van der Waals surface area (Å²) in [6, 6.07) is 5.99. The number of hydrogen-bond acceptors (Lipinski definition) is 7. The molecule has 2 aromatic rings. The average molecular weight is 452 g/mol. The van der Waals surface area contributed by atoms with E-state index in [1.807, 2.05) is 10.8 Å². The van der Waals surface area contributed by atoms with Crippen molar-refractivity contribution in [1.82, 2.24) is 24.5 Å². The smallest absolute Gasteiger partial charge is 0.309 e.